The molecule has 0 aliphatic carbocycles. The van der Waals surface area contributed by atoms with Gasteiger partial charge in [0.1, 0.15) is 17.5 Å². The van der Waals surface area contributed by atoms with E-state index in [0.29, 0.717) is 22.8 Å². The van der Waals surface area contributed by atoms with Gasteiger partial charge >= 0.3 is 5.69 Å². The number of carbonyl (C=O) groups is 1. The Morgan fingerprint density at radius 3 is 2.81 bits per heavy atom. The van der Waals surface area contributed by atoms with Gasteiger partial charge in [-0.25, -0.2) is 14.8 Å². The largest absolute Gasteiger partial charge is 0.389 e. The molecule has 1 atom stereocenters. The van der Waals surface area contributed by atoms with Crippen LogP contribution in [0.3, 0.4) is 0 Å². The van der Waals surface area contributed by atoms with Crippen LogP contribution in [0.4, 0.5) is 5.82 Å². The van der Waals surface area contributed by atoms with Gasteiger partial charge in [-0.2, -0.15) is 0 Å². The number of fused-ring (bicyclic) bond motifs is 2. The maximum atomic E-state index is 13.7. The van der Waals surface area contributed by atoms with Crippen molar-refractivity contribution in [3.8, 4) is 0 Å². The summed E-state index contributed by atoms with van der Waals surface area (Å²) in [4.78, 5) is 51.4. The minimum Gasteiger partial charge on any atom is -0.389 e. The first-order valence-corrected chi connectivity index (χ1v) is 13.7. The predicted molar refractivity (Wildman–Crippen MR) is 140 cm³/mol. The smallest absolute Gasteiger partial charge is 0.331 e. The molecular formula is C23H28N6O5S2. The molecule has 36 heavy (non-hydrogen) atoms. The highest BCUT2D eigenvalue weighted by atomic mass is 32.2. The third-order valence-electron chi connectivity index (χ3n) is 6.15. The number of hydrogen-bond acceptors (Lipinski definition) is 9. The van der Waals surface area contributed by atoms with E-state index in [9.17, 15) is 19.5 Å². The highest BCUT2D eigenvalue weighted by Crippen LogP contribution is 2.34. The molecule has 3 aromatic heterocycles. The molecule has 5 heterocycles. The van der Waals surface area contributed by atoms with E-state index in [4.69, 9.17) is 4.84 Å². The summed E-state index contributed by atoms with van der Waals surface area (Å²) in [6.07, 6.45) is 5.11. The average molecular weight is 533 g/mol. The van der Waals surface area contributed by atoms with Crippen LogP contribution in [0.5, 0.6) is 0 Å². The first kappa shape index (κ1) is 24.8. The highest BCUT2D eigenvalue weighted by molar-refractivity contribution is 7.98. The quantitative estimate of drug-likeness (QED) is 0.459. The summed E-state index contributed by atoms with van der Waals surface area (Å²) in [5.74, 6) is 0.396. The third-order valence-corrected chi connectivity index (χ3v) is 8.02. The van der Waals surface area contributed by atoms with Crippen LogP contribution in [-0.4, -0.2) is 66.8 Å². The number of hydrogen-bond donors (Lipinski definition) is 2. The molecule has 0 aromatic carbocycles. The van der Waals surface area contributed by atoms with Crippen molar-refractivity contribution in [3.05, 3.63) is 43.0 Å². The van der Waals surface area contributed by atoms with Crippen molar-refractivity contribution < 1.29 is 14.7 Å². The van der Waals surface area contributed by atoms with Crippen LogP contribution >= 0.6 is 23.1 Å². The summed E-state index contributed by atoms with van der Waals surface area (Å²) in [5, 5.41) is 15.3. The first-order chi connectivity index (χ1) is 17.2. The van der Waals surface area contributed by atoms with Gasteiger partial charge in [-0.1, -0.05) is 31.7 Å². The topological polar surface area (TPSA) is 124 Å². The number of nitrogens with one attached hydrogen (secondary N) is 1. The zero-order valence-electron chi connectivity index (χ0n) is 20.5. The van der Waals surface area contributed by atoms with E-state index in [-0.39, 0.29) is 36.6 Å². The van der Waals surface area contributed by atoms with Gasteiger partial charge in [0.25, 0.3) is 11.5 Å². The van der Waals surface area contributed by atoms with Gasteiger partial charge in [0.05, 0.1) is 29.7 Å². The Kier molecular flexibility index (Phi) is 6.57. The SMILES string of the molecule is CSc1nc2c(n1Cc1sc3c(c1C(=O)N1C[C@H](O)CO1)c(=O)n(C)c(=O)n3CC(C)C)C=CCN2. The minimum atomic E-state index is -0.802. The molecule has 11 nitrogen and oxygen atoms in total. The lowest BCUT2D eigenvalue weighted by Crippen LogP contribution is -2.39. The number of aliphatic hydroxyl groups is 1. The highest BCUT2D eigenvalue weighted by Gasteiger charge is 2.34. The van der Waals surface area contributed by atoms with Gasteiger partial charge in [-0.3, -0.25) is 23.6 Å². The number of thiophene rings is 1. The molecule has 13 heteroatoms. The Hall–Kier alpha value is -2.87. The number of hydroxylamine groups is 2. The fourth-order valence-electron chi connectivity index (χ4n) is 4.50. The van der Waals surface area contributed by atoms with Gasteiger partial charge < -0.3 is 15.0 Å². The molecule has 5 rings (SSSR count). The Bertz CT molecular complexity index is 1500. The van der Waals surface area contributed by atoms with Crippen molar-refractivity contribution in [2.45, 2.75) is 38.2 Å². The molecule has 1 amide bonds. The van der Waals surface area contributed by atoms with Crippen molar-refractivity contribution in [1.29, 1.82) is 0 Å². The molecule has 0 spiro atoms. The van der Waals surface area contributed by atoms with Gasteiger partial charge in [-0.15, -0.1) is 11.3 Å². The molecule has 0 saturated carbocycles. The van der Waals surface area contributed by atoms with Crippen molar-refractivity contribution in [2.24, 2.45) is 13.0 Å². The van der Waals surface area contributed by atoms with Crippen LogP contribution < -0.4 is 16.6 Å². The summed E-state index contributed by atoms with van der Waals surface area (Å²) in [5.41, 5.74) is 0.129. The normalized spacial score (nSPS) is 17.3. The number of β-amino-alcohol motifs (C(OH)–C–C–N with tert-alkyl or cyclic N) is 1. The number of aromatic nitrogens is 4. The number of amides is 1. The monoisotopic (exact) mass is 532 g/mol. The van der Waals surface area contributed by atoms with Crippen LogP contribution in [0.15, 0.2) is 20.8 Å². The van der Waals surface area contributed by atoms with Gasteiger partial charge in [0.2, 0.25) is 0 Å². The fourth-order valence-corrected chi connectivity index (χ4v) is 6.34. The summed E-state index contributed by atoms with van der Waals surface area (Å²) in [7, 11) is 1.43. The molecule has 0 radical (unpaired) electrons. The van der Waals surface area contributed by atoms with Crippen molar-refractivity contribution >= 4 is 51.1 Å². The second-order valence-corrected chi connectivity index (χ2v) is 11.1. The summed E-state index contributed by atoms with van der Waals surface area (Å²) < 4.78 is 4.63. The Balaban J connectivity index is 1.76. The van der Waals surface area contributed by atoms with Crippen LogP contribution in [0.25, 0.3) is 16.3 Å². The van der Waals surface area contributed by atoms with Crippen LogP contribution in [0, 0.1) is 5.92 Å². The Labute approximate surface area is 214 Å². The lowest BCUT2D eigenvalue weighted by molar-refractivity contribution is -0.0778. The molecule has 192 valence electrons. The Morgan fingerprint density at radius 2 is 2.14 bits per heavy atom. The molecule has 2 aliphatic heterocycles. The molecule has 0 unspecified atom stereocenters. The molecule has 2 N–H and O–H groups in total. The maximum absolute atomic E-state index is 13.7. The van der Waals surface area contributed by atoms with E-state index < -0.39 is 23.3 Å². The van der Waals surface area contributed by atoms with Crippen molar-refractivity contribution in [2.75, 3.05) is 31.3 Å². The van der Waals surface area contributed by atoms with Gasteiger partial charge in [0, 0.05) is 25.0 Å². The number of aliphatic hydroxyl groups excluding tert-OH is 1. The van der Waals surface area contributed by atoms with Crippen LogP contribution in [-0.2, 0) is 25.0 Å². The number of anilines is 1. The van der Waals surface area contributed by atoms with Crippen LogP contribution in [0.2, 0.25) is 0 Å². The second kappa shape index (κ2) is 9.54. The molecular weight excluding hydrogens is 504 g/mol. The molecule has 1 fully saturated rings. The van der Waals surface area contributed by atoms with Gasteiger partial charge in [0.15, 0.2) is 11.0 Å². The molecule has 2 aliphatic rings. The van der Waals surface area contributed by atoms with Crippen LogP contribution in [0.1, 0.15) is 34.8 Å². The molecule has 1 saturated heterocycles. The number of nitrogens with zero attached hydrogens (tertiary/aromatic N) is 5. The summed E-state index contributed by atoms with van der Waals surface area (Å²) >= 11 is 2.75. The number of carbonyl (C=O) groups excluding carboxylic acids is 1. The average Bonchev–Trinajstić information content (AvgIpc) is 3.55. The van der Waals surface area contributed by atoms with E-state index in [1.807, 2.05) is 36.8 Å². The van der Waals surface area contributed by atoms with E-state index in [0.717, 1.165) is 26.3 Å². The fraction of sp³-hybridized carbons (Fsp3) is 0.478. The first-order valence-electron chi connectivity index (χ1n) is 11.6. The summed E-state index contributed by atoms with van der Waals surface area (Å²) in [6, 6.07) is 0. The van der Waals surface area contributed by atoms with Gasteiger partial charge in [-0.05, 0) is 18.2 Å². The van der Waals surface area contributed by atoms with E-state index in [1.165, 1.54) is 30.1 Å². The second-order valence-electron chi connectivity index (χ2n) is 9.25. The van der Waals surface area contributed by atoms with E-state index in [1.54, 1.807) is 4.57 Å². The zero-order chi connectivity index (χ0) is 25.7. The van der Waals surface area contributed by atoms with E-state index in [2.05, 4.69) is 10.3 Å². The molecule has 3 aromatic rings. The predicted octanol–water partition coefficient (Wildman–Crippen LogP) is 1.57. The van der Waals surface area contributed by atoms with E-state index >= 15 is 0 Å². The van der Waals surface area contributed by atoms with Crippen molar-refractivity contribution in [3.63, 3.8) is 0 Å². The lowest BCUT2D eigenvalue weighted by atomic mass is 10.1. The zero-order valence-corrected chi connectivity index (χ0v) is 22.1. The lowest BCUT2D eigenvalue weighted by Gasteiger charge is -2.16. The minimum absolute atomic E-state index is 0.00132. The molecule has 0 bridgehead atoms. The third kappa shape index (κ3) is 4.09. The standard InChI is InChI=1S/C23H28N6O5S2/c1-12(2)8-28-21-17(19(31)26(3)23(28)33)16(20(32)29-9-13(30)11-34-29)15(36-21)10-27-14-6-5-7-24-18(14)25-22(27)35-4/h5-6,12-13,24,30H,7-11H2,1-4H3/t13-/m0/s1. The maximum Gasteiger partial charge on any atom is 0.331 e. The Morgan fingerprint density at radius 1 is 1.36 bits per heavy atom. The number of imidazole rings is 1. The number of rotatable bonds is 6. The summed E-state index contributed by atoms with van der Waals surface area (Å²) in [6.45, 7) is 5.35. The number of thioether (sulfide) groups is 1. The van der Waals surface area contributed by atoms with Crippen molar-refractivity contribution in [1.82, 2.24) is 23.7 Å².